The fourth-order valence-corrected chi connectivity index (χ4v) is 5.56. The Labute approximate surface area is 241 Å². The summed E-state index contributed by atoms with van der Waals surface area (Å²) >= 11 is 0. The van der Waals surface area contributed by atoms with Crippen LogP contribution in [0.3, 0.4) is 0 Å². The zero-order chi connectivity index (χ0) is 27.9. The lowest BCUT2D eigenvalue weighted by Crippen LogP contribution is -2.38. The van der Waals surface area contributed by atoms with Gasteiger partial charge in [0.2, 0.25) is 5.91 Å². The van der Waals surface area contributed by atoms with Crippen LogP contribution in [0.1, 0.15) is 201 Å². The van der Waals surface area contributed by atoms with E-state index in [-0.39, 0.29) is 11.9 Å². The molecular weight excluding hydrogens is 462 g/mol. The van der Waals surface area contributed by atoms with Crippen LogP contribution in [0.2, 0.25) is 0 Å². The van der Waals surface area contributed by atoms with Gasteiger partial charge in [0.05, 0.1) is 0 Å². The number of allylic oxidation sites excluding steroid dienone is 1. The zero-order valence-electron chi connectivity index (χ0n) is 26.8. The molecule has 0 saturated heterocycles. The molecule has 0 unspecified atom stereocenters. The molecule has 0 aliphatic heterocycles. The summed E-state index contributed by atoms with van der Waals surface area (Å²) in [6, 6.07) is 0.276. The third kappa shape index (κ3) is 26.8. The van der Waals surface area contributed by atoms with Gasteiger partial charge < -0.3 is 5.32 Å². The highest BCUT2D eigenvalue weighted by atomic mass is 16.1. The van der Waals surface area contributed by atoms with E-state index in [2.05, 4.69) is 45.2 Å². The highest BCUT2D eigenvalue weighted by Crippen LogP contribution is 2.15. The quantitative estimate of drug-likeness (QED) is 0.0721. The van der Waals surface area contributed by atoms with E-state index in [1.165, 1.54) is 154 Å². The molecule has 0 aromatic heterocycles. The van der Waals surface area contributed by atoms with Gasteiger partial charge in [0, 0.05) is 12.5 Å². The monoisotopic (exact) mass is 534 g/mol. The second-order valence-corrected chi connectivity index (χ2v) is 12.2. The van der Waals surface area contributed by atoms with Crippen molar-refractivity contribution in [2.45, 2.75) is 207 Å². The van der Waals surface area contributed by atoms with Crippen molar-refractivity contribution >= 4 is 5.91 Å². The van der Waals surface area contributed by atoms with Crippen molar-refractivity contribution in [1.29, 1.82) is 0 Å². The van der Waals surface area contributed by atoms with Crippen molar-refractivity contribution < 1.29 is 4.79 Å². The molecule has 0 bridgehead atoms. The summed E-state index contributed by atoms with van der Waals surface area (Å²) in [6.45, 7) is 9.03. The molecule has 2 nitrogen and oxygen atoms in total. The number of nitrogens with one attached hydrogen (secondary N) is 1. The van der Waals surface area contributed by atoms with Crippen LogP contribution in [0, 0.1) is 5.92 Å². The summed E-state index contributed by atoms with van der Waals surface area (Å²) in [4.78, 5) is 12.5. The largest absolute Gasteiger partial charge is 0.353 e. The molecule has 0 rings (SSSR count). The van der Waals surface area contributed by atoms with Crippen molar-refractivity contribution in [3.8, 4) is 0 Å². The molecule has 2 heteroatoms. The highest BCUT2D eigenvalue weighted by Gasteiger charge is 2.15. The Hall–Kier alpha value is -0.790. The Morgan fingerprint density at radius 1 is 0.553 bits per heavy atom. The number of unbranched alkanes of at least 4 members (excludes halogenated alkanes) is 23. The predicted octanol–water partition coefficient (Wildman–Crippen LogP) is 12.3. The molecule has 0 fully saturated rings. The lowest BCUT2D eigenvalue weighted by Gasteiger charge is -2.21. The van der Waals surface area contributed by atoms with Crippen LogP contribution in [0.25, 0.3) is 0 Å². The van der Waals surface area contributed by atoms with Crippen LogP contribution in [-0.4, -0.2) is 11.9 Å². The molecule has 1 amide bonds. The third-order valence-corrected chi connectivity index (χ3v) is 8.34. The highest BCUT2D eigenvalue weighted by molar-refractivity contribution is 5.76. The van der Waals surface area contributed by atoms with E-state index in [1.54, 1.807) is 0 Å². The standard InChI is InChI=1S/C36H71NO/c1-5-8-10-12-14-16-18-20-22-24-26-28-30-32-34(4)35(7-3)37-36(38)33-31-29-27-25-23-21-19-17-15-13-11-9-6-2/h30,32,34-35H,5-29,31,33H2,1-4H3,(H,37,38)/b32-30+/t34-,35+/m1/s1. The topological polar surface area (TPSA) is 29.1 Å². The molecule has 0 aromatic carbocycles. The summed E-state index contributed by atoms with van der Waals surface area (Å²) in [5, 5.41) is 3.32. The third-order valence-electron chi connectivity index (χ3n) is 8.34. The number of hydrogen-bond acceptors (Lipinski definition) is 1. The molecular formula is C36H71NO. The first-order valence-electron chi connectivity index (χ1n) is 17.6. The lowest BCUT2D eigenvalue weighted by atomic mass is 9.97. The molecule has 0 aromatic rings. The van der Waals surface area contributed by atoms with Crippen molar-refractivity contribution in [2.24, 2.45) is 5.92 Å². The van der Waals surface area contributed by atoms with E-state index in [0.29, 0.717) is 12.3 Å². The van der Waals surface area contributed by atoms with Crippen LogP contribution >= 0.6 is 0 Å². The van der Waals surface area contributed by atoms with Crippen LogP contribution in [-0.2, 0) is 4.79 Å². The van der Waals surface area contributed by atoms with E-state index in [0.717, 1.165) is 12.8 Å². The number of carbonyl (C=O) groups excluding carboxylic acids is 1. The van der Waals surface area contributed by atoms with Gasteiger partial charge in [-0.05, 0) is 31.6 Å². The lowest BCUT2D eigenvalue weighted by molar-refractivity contribution is -0.122. The fraction of sp³-hybridized carbons (Fsp3) is 0.917. The van der Waals surface area contributed by atoms with Crippen molar-refractivity contribution in [3.63, 3.8) is 0 Å². The van der Waals surface area contributed by atoms with Gasteiger partial charge in [-0.1, -0.05) is 181 Å². The molecule has 0 saturated carbocycles. The smallest absolute Gasteiger partial charge is 0.220 e. The summed E-state index contributed by atoms with van der Waals surface area (Å²) in [5.74, 6) is 0.675. The first-order chi connectivity index (χ1) is 18.7. The average molecular weight is 534 g/mol. The van der Waals surface area contributed by atoms with Crippen LogP contribution < -0.4 is 5.32 Å². The molecule has 2 atom stereocenters. The van der Waals surface area contributed by atoms with Gasteiger partial charge in [-0.3, -0.25) is 4.79 Å². The zero-order valence-corrected chi connectivity index (χ0v) is 26.8. The SMILES string of the molecule is CCCCCCCCCCCCC/C=C/[C@@H](C)[C@H](CC)NC(=O)CCCCCCCCCCCCCCC. The molecule has 0 radical (unpaired) electrons. The number of carbonyl (C=O) groups is 1. The summed E-state index contributed by atoms with van der Waals surface area (Å²) in [5.41, 5.74) is 0. The van der Waals surface area contributed by atoms with Gasteiger partial charge in [0.15, 0.2) is 0 Å². The number of rotatable bonds is 30. The Kier molecular flexibility index (Phi) is 30.1. The van der Waals surface area contributed by atoms with Crippen molar-refractivity contribution in [3.05, 3.63) is 12.2 Å². The van der Waals surface area contributed by atoms with E-state index >= 15 is 0 Å². The molecule has 0 aliphatic rings. The molecule has 38 heavy (non-hydrogen) atoms. The molecule has 0 spiro atoms. The maximum Gasteiger partial charge on any atom is 0.220 e. The van der Waals surface area contributed by atoms with Crippen molar-refractivity contribution in [1.82, 2.24) is 5.32 Å². The molecule has 0 aliphatic carbocycles. The van der Waals surface area contributed by atoms with E-state index in [4.69, 9.17) is 0 Å². The van der Waals surface area contributed by atoms with Gasteiger partial charge in [-0.25, -0.2) is 0 Å². The van der Waals surface area contributed by atoms with E-state index < -0.39 is 0 Å². The number of amides is 1. The molecule has 1 N–H and O–H groups in total. The normalized spacial score (nSPS) is 13.3. The predicted molar refractivity (Wildman–Crippen MR) is 172 cm³/mol. The first kappa shape index (κ1) is 37.2. The summed E-state index contributed by atoms with van der Waals surface area (Å²) < 4.78 is 0. The minimum atomic E-state index is 0.255. The maximum absolute atomic E-state index is 12.5. The minimum absolute atomic E-state index is 0.255. The molecule has 226 valence electrons. The Balaban J connectivity index is 3.63. The second kappa shape index (κ2) is 30.7. The maximum atomic E-state index is 12.5. The second-order valence-electron chi connectivity index (χ2n) is 12.2. The van der Waals surface area contributed by atoms with Gasteiger partial charge in [0.1, 0.15) is 0 Å². The average Bonchev–Trinajstić information content (AvgIpc) is 2.92. The first-order valence-corrected chi connectivity index (χ1v) is 17.6. The minimum Gasteiger partial charge on any atom is -0.353 e. The Morgan fingerprint density at radius 2 is 0.921 bits per heavy atom. The van der Waals surface area contributed by atoms with Gasteiger partial charge in [-0.2, -0.15) is 0 Å². The summed E-state index contributed by atoms with van der Waals surface area (Å²) in [7, 11) is 0. The van der Waals surface area contributed by atoms with Gasteiger partial charge in [0.25, 0.3) is 0 Å². The number of hydrogen-bond donors (Lipinski definition) is 1. The van der Waals surface area contributed by atoms with E-state index in [9.17, 15) is 4.79 Å². The van der Waals surface area contributed by atoms with E-state index in [1.807, 2.05) is 0 Å². The van der Waals surface area contributed by atoms with Crippen LogP contribution in [0.4, 0.5) is 0 Å². The fourth-order valence-electron chi connectivity index (χ4n) is 5.56. The molecule has 0 heterocycles. The van der Waals surface area contributed by atoms with Crippen LogP contribution in [0.15, 0.2) is 12.2 Å². The summed E-state index contributed by atoms with van der Waals surface area (Å²) in [6.07, 6.45) is 40.6. The van der Waals surface area contributed by atoms with Crippen LogP contribution in [0.5, 0.6) is 0 Å². The Bertz CT molecular complexity index is 500. The Morgan fingerprint density at radius 3 is 1.32 bits per heavy atom. The van der Waals surface area contributed by atoms with Gasteiger partial charge in [-0.15, -0.1) is 0 Å². The van der Waals surface area contributed by atoms with Crippen molar-refractivity contribution in [2.75, 3.05) is 0 Å². The van der Waals surface area contributed by atoms with Gasteiger partial charge >= 0.3 is 0 Å².